The first-order chi connectivity index (χ1) is 20.4. The highest BCUT2D eigenvalue weighted by molar-refractivity contribution is 7.90. The van der Waals surface area contributed by atoms with Crippen molar-refractivity contribution in [1.82, 2.24) is 19.3 Å². The van der Waals surface area contributed by atoms with Crippen LogP contribution >= 0.6 is 11.3 Å². The summed E-state index contributed by atoms with van der Waals surface area (Å²) in [6.45, 7) is 1.01. The number of rotatable bonds is 4. The largest absolute Gasteiger partial charge is 0.490 e. The molecular formula is C28H21F4N5O4S2. The smallest absolute Gasteiger partial charge is 0.475 e. The lowest BCUT2D eigenvalue weighted by molar-refractivity contribution is -0.192. The number of nitrogens with zero attached hydrogens (tertiary/aromatic N) is 3. The van der Waals surface area contributed by atoms with Crippen molar-refractivity contribution in [2.75, 3.05) is 11.9 Å². The summed E-state index contributed by atoms with van der Waals surface area (Å²) in [4.78, 5) is 18.5. The maximum atomic E-state index is 13.6. The van der Waals surface area contributed by atoms with Crippen LogP contribution in [0.5, 0.6) is 0 Å². The lowest BCUT2D eigenvalue weighted by Crippen LogP contribution is -2.21. The van der Waals surface area contributed by atoms with Crippen molar-refractivity contribution in [1.29, 1.82) is 0 Å². The molecule has 0 unspecified atom stereocenters. The Balaban J connectivity index is 0.000000472. The second-order valence-electron chi connectivity index (χ2n) is 9.24. The van der Waals surface area contributed by atoms with Crippen molar-refractivity contribution < 1.29 is 35.9 Å². The predicted octanol–water partition coefficient (Wildman–Crippen LogP) is 5.50. The fraction of sp³-hybridized carbons (Fsp3) is 0.179. The fourth-order valence-corrected chi connectivity index (χ4v) is 6.56. The third-order valence-corrected chi connectivity index (χ3v) is 8.99. The number of alkyl halides is 3. The number of carbonyl (C=O) groups is 1. The van der Waals surface area contributed by atoms with E-state index in [1.807, 2.05) is 12.1 Å². The highest BCUT2D eigenvalue weighted by atomic mass is 32.2. The summed E-state index contributed by atoms with van der Waals surface area (Å²) in [7, 11) is -3.93. The van der Waals surface area contributed by atoms with Crippen LogP contribution in [0.2, 0.25) is 0 Å². The average Bonchev–Trinajstić information content (AvgIpc) is 3.71. The van der Waals surface area contributed by atoms with Crippen LogP contribution in [0.25, 0.3) is 21.1 Å². The summed E-state index contributed by atoms with van der Waals surface area (Å²) in [6.07, 6.45) is 0.114. The van der Waals surface area contributed by atoms with Crippen molar-refractivity contribution in [3.63, 3.8) is 0 Å². The molecule has 43 heavy (non-hydrogen) atoms. The molecule has 0 aliphatic carbocycles. The van der Waals surface area contributed by atoms with Crippen LogP contribution in [0.3, 0.4) is 0 Å². The van der Waals surface area contributed by atoms with Crippen molar-refractivity contribution in [2.24, 2.45) is 0 Å². The molecule has 0 saturated carbocycles. The Labute approximate surface area is 246 Å². The van der Waals surface area contributed by atoms with E-state index < -0.39 is 28.0 Å². The minimum atomic E-state index is -5.08. The number of fused-ring (bicyclic) bond motifs is 2. The van der Waals surface area contributed by atoms with Gasteiger partial charge < -0.3 is 15.7 Å². The molecule has 1 aliphatic rings. The van der Waals surface area contributed by atoms with Gasteiger partial charge in [-0.15, -0.1) is 11.3 Å². The van der Waals surface area contributed by atoms with Gasteiger partial charge >= 0.3 is 12.1 Å². The van der Waals surface area contributed by atoms with Gasteiger partial charge in [-0.05, 0) is 67.9 Å². The monoisotopic (exact) mass is 631 g/mol. The Morgan fingerprint density at radius 2 is 1.93 bits per heavy atom. The van der Waals surface area contributed by atoms with E-state index in [0.717, 1.165) is 50.2 Å². The molecule has 0 amide bonds. The Bertz CT molecular complexity index is 1990. The summed E-state index contributed by atoms with van der Waals surface area (Å²) >= 11 is 1.53. The van der Waals surface area contributed by atoms with Gasteiger partial charge in [0.25, 0.3) is 10.0 Å². The van der Waals surface area contributed by atoms with Gasteiger partial charge in [-0.3, -0.25) is 0 Å². The molecule has 1 fully saturated rings. The zero-order chi connectivity index (χ0) is 30.8. The molecular weight excluding hydrogens is 610 g/mol. The zero-order valence-electron chi connectivity index (χ0n) is 21.9. The van der Waals surface area contributed by atoms with Crippen LogP contribution in [-0.2, 0) is 14.8 Å². The Hall–Kier alpha value is -4.52. The molecule has 6 rings (SSSR count). The minimum absolute atomic E-state index is 0.106. The molecule has 222 valence electrons. The lowest BCUT2D eigenvalue weighted by Gasteiger charge is -2.09. The van der Waals surface area contributed by atoms with E-state index >= 15 is 0 Å². The van der Waals surface area contributed by atoms with Crippen molar-refractivity contribution in [3.05, 3.63) is 77.8 Å². The zero-order valence-corrected chi connectivity index (χ0v) is 23.5. The molecule has 0 radical (unpaired) electrons. The molecule has 0 bridgehead atoms. The van der Waals surface area contributed by atoms with E-state index in [1.165, 1.54) is 42.1 Å². The number of hydrogen-bond donors (Lipinski definition) is 3. The van der Waals surface area contributed by atoms with Gasteiger partial charge in [0, 0.05) is 17.3 Å². The van der Waals surface area contributed by atoms with E-state index in [0.29, 0.717) is 16.7 Å². The fourth-order valence-electron chi connectivity index (χ4n) is 4.25. The Morgan fingerprint density at radius 3 is 2.63 bits per heavy atom. The van der Waals surface area contributed by atoms with Crippen LogP contribution in [0, 0.1) is 17.7 Å². The standard InChI is InChI=1S/C26H20FN5O2S2.C2HF3O2/c27-18-3-1-5-22(14-18)36(33,34)32-12-10-17-13-20(7-9-24(17)32)31-26-25-23(29-16-30-26)15-21(35-25)8-6-19-4-2-11-28-19;3-2(4,5)1(6)7/h1,3,5,7,9-10,12-16,19,28H,2,4,11H2,(H,29,30,31);(H,6,7)/t19-;/m1./s1. The van der Waals surface area contributed by atoms with Crippen LogP contribution in [-0.4, -0.2) is 52.2 Å². The quantitative estimate of drug-likeness (QED) is 0.175. The predicted molar refractivity (Wildman–Crippen MR) is 153 cm³/mol. The van der Waals surface area contributed by atoms with Crippen molar-refractivity contribution in [3.8, 4) is 11.8 Å². The van der Waals surface area contributed by atoms with Crippen LogP contribution < -0.4 is 10.6 Å². The van der Waals surface area contributed by atoms with Gasteiger partial charge in [-0.1, -0.05) is 17.9 Å². The summed E-state index contributed by atoms with van der Waals surface area (Å²) in [5.41, 5.74) is 2.06. The highest BCUT2D eigenvalue weighted by Gasteiger charge is 2.38. The number of carboxylic acids is 1. The molecule has 3 N–H and O–H groups in total. The van der Waals surface area contributed by atoms with E-state index in [-0.39, 0.29) is 10.9 Å². The molecule has 1 aliphatic heterocycles. The second-order valence-corrected chi connectivity index (χ2v) is 12.1. The van der Waals surface area contributed by atoms with Gasteiger partial charge in [-0.25, -0.2) is 31.5 Å². The molecule has 2 aromatic carbocycles. The van der Waals surface area contributed by atoms with E-state index in [2.05, 4.69) is 32.4 Å². The lowest BCUT2D eigenvalue weighted by atomic mass is 10.2. The van der Waals surface area contributed by atoms with Gasteiger partial charge in [-0.2, -0.15) is 13.2 Å². The van der Waals surface area contributed by atoms with Gasteiger partial charge in [0.05, 0.1) is 31.5 Å². The van der Waals surface area contributed by atoms with E-state index in [1.54, 1.807) is 18.2 Å². The van der Waals surface area contributed by atoms with Gasteiger partial charge in [0.15, 0.2) is 5.82 Å². The van der Waals surface area contributed by atoms with E-state index in [9.17, 15) is 26.0 Å². The molecule has 0 spiro atoms. The average molecular weight is 632 g/mol. The maximum absolute atomic E-state index is 13.6. The van der Waals surface area contributed by atoms with Crippen LogP contribution in [0.4, 0.5) is 29.1 Å². The van der Waals surface area contributed by atoms with Gasteiger partial charge in [0.2, 0.25) is 0 Å². The maximum Gasteiger partial charge on any atom is 0.490 e. The van der Waals surface area contributed by atoms with Crippen LogP contribution in [0.15, 0.2) is 72.0 Å². The highest BCUT2D eigenvalue weighted by Crippen LogP contribution is 2.32. The number of hydrogen-bond acceptors (Lipinski definition) is 8. The number of anilines is 2. The number of nitrogens with one attached hydrogen (secondary N) is 2. The molecule has 15 heteroatoms. The first kappa shape index (κ1) is 30.0. The molecule has 5 aromatic rings. The number of aromatic nitrogens is 3. The summed E-state index contributed by atoms with van der Waals surface area (Å²) in [6, 6.07) is 14.3. The molecule has 9 nitrogen and oxygen atoms in total. The SMILES string of the molecule is O=C(O)C(F)(F)F.O=S(=O)(c1cccc(F)c1)n1ccc2cc(Nc3ncnc4cc(C#C[C@H]5CCCN5)sc34)ccc21. The molecule has 1 atom stereocenters. The second kappa shape index (κ2) is 12.0. The first-order valence-electron chi connectivity index (χ1n) is 12.6. The summed E-state index contributed by atoms with van der Waals surface area (Å²) in [5.74, 6) is 3.83. The summed E-state index contributed by atoms with van der Waals surface area (Å²) < 4.78 is 73.6. The first-order valence-corrected chi connectivity index (χ1v) is 14.9. The number of aliphatic carboxylic acids is 1. The minimum Gasteiger partial charge on any atom is -0.475 e. The number of benzene rings is 2. The van der Waals surface area contributed by atoms with Crippen LogP contribution in [0.1, 0.15) is 17.7 Å². The third-order valence-electron chi connectivity index (χ3n) is 6.25. The number of thiophene rings is 1. The normalized spacial score (nSPS) is 15.0. The summed E-state index contributed by atoms with van der Waals surface area (Å²) in [5, 5.41) is 14.5. The molecule has 1 saturated heterocycles. The Kier molecular flexibility index (Phi) is 8.36. The molecule has 4 heterocycles. The third kappa shape index (κ3) is 6.77. The number of halogens is 4. The topological polar surface area (TPSA) is 126 Å². The Morgan fingerprint density at radius 1 is 1.14 bits per heavy atom. The van der Waals surface area contributed by atoms with Crippen molar-refractivity contribution >= 4 is 60.0 Å². The number of carboxylic acid groups (broad SMARTS) is 1. The van der Waals surface area contributed by atoms with Gasteiger partial charge in [0.1, 0.15) is 12.1 Å². The molecule has 3 aromatic heterocycles. The van der Waals surface area contributed by atoms with E-state index in [4.69, 9.17) is 9.90 Å². The van der Waals surface area contributed by atoms with Crippen molar-refractivity contribution in [2.45, 2.75) is 30.0 Å².